The molecule has 0 fully saturated rings. The van der Waals surface area contributed by atoms with Crippen molar-refractivity contribution < 1.29 is 9.47 Å². The lowest BCUT2D eigenvalue weighted by Gasteiger charge is -2.13. The molecule has 0 spiro atoms. The van der Waals surface area contributed by atoms with Crippen molar-refractivity contribution in [2.45, 2.75) is 24.8 Å². The first-order chi connectivity index (χ1) is 17.6. The van der Waals surface area contributed by atoms with E-state index in [1.165, 1.54) is 11.8 Å². The predicted octanol–water partition coefficient (Wildman–Crippen LogP) is 4.84. The molecule has 10 heteroatoms. The molecule has 182 valence electrons. The summed E-state index contributed by atoms with van der Waals surface area (Å²) in [4.78, 5) is 0. The second kappa shape index (κ2) is 10.2. The number of ether oxygens (including phenoxy) is 2. The molecule has 0 unspecified atom stereocenters. The Hall–Kier alpha value is -4.18. The largest absolute Gasteiger partial charge is 0.497 e. The third-order valence-corrected chi connectivity index (χ3v) is 6.75. The van der Waals surface area contributed by atoms with Gasteiger partial charge >= 0.3 is 0 Å². The quantitative estimate of drug-likeness (QED) is 0.280. The summed E-state index contributed by atoms with van der Waals surface area (Å²) in [6.07, 6.45) is 0. The van der Waals surface area contributed by atoms with E-state index in [4.69, 9.17) is 9.47 Å². The van der Waals surface area contributed by atoms with Gasteiger partial charge in [-0.15, -0.1) is 15.3 Å². The number of para-hydroxylation sites is 2. The Balaban J connectivity index is 1.54. The number of methoxy groups -OCH3 is 2. The maximum absolute atomic E-state index is 5.60. The molecule has 5 aromatic rings. The highest BCUT2D eigenvalue weighted by Crippen LogP contribution is 2.34. The Morgan fingerprint density at radius 2 is 1.56 bits per heavy atom. The maximum atomic E-state index is 5.60. The Morgan fingerprint density at radius 1 is 0.806 bits per heavy atom. The standard InChI is InChI=1S/C26H25N7O2S/c1-17-8-7-9-18(2)24(17)33-23(27-30-31-33)16-36-26-29-28-25(21-10-5-6-11-22(21)35-4)32(26)19-12-14-20(34-3)15-13-19/h5-15H,16H2,1-4H3. The number of nitrogens with zero attached hydrogens (tertiary/aromatic N) is 7. The Morgan fingerprint density at radius 3 is 2.28 bits per heavy atom. The molecule has 5 rings (SSSR count). The monoisotopic (exact) mass is 499 g/mol. The van der Waals surface area contributed by atoms with Gasteiger partial charge in [0.1, 0.15) is 11.5 Å². The van der Waals surface area contributed by atoms with Gasteiger partial charge in [0.05, 0.1) is 36.9 Å². The van der Waals surface area contributed by atoms with Gasteiger partial charge in [-0.3, -0.25) is 4.57 Å². The zero-order chi connectivity index (χ0) is 25.1. The van der Waals surface area contributed by atoms with Crippen molar-refractivity contribution >= 4 is 11.8 Å². The first-order valence-corrected chi connectivity index (χ1v) is 12.3. The number of hydrogen-bond acceptors (Lipinski definition) is 8. The minimum absolute atomic E-state index is 0.501. The third kappa shape index (κ3) is 4.42. The number of aromatic nitrogens is 7. The summed E-state index contributed by atoms with van der Waals surface area (Å²) >= 11 is 1.51. The summed E-state index contributed by atoms with van der Waals surface area (Å²) < 4.78 is 14.8. The molecular formula is C26H25N7O2S. The maximum Gasteiger partial charge on any atom is 0.196 e. The van der Waals surface area contributed by atoms with Crippen LogP contribution in [0, 0.1) is 13.8 Å². The fourth-order valence-corrected chi connectivity index (χ4v) is 4.93. The van der Waals surface area contributed by atoms with Gasteiger partial charge in [0.2, 0.25) is 0 Å². The van der Waals surface area contributed by atoms with Crippen LogP contribution in [0.1, 0.15) is 17.0 Å². The van der Waals surface area contributed by atoms with E-state index in [0.29, 0.717) is 16.7 Å². The van der Waals surface area contributed by atoms with Gasteiger partial charge in [-0.2, -0.15) is 4.68 Å². The molecule has 36 heavy (non-hydrogen) atoms. The first-order valence-electron chi connectivity index (χ1n) is 11.3. The Kier molecular flexibility index (Phi) is 6.68. The lowest BCUT2D eigenvalue weighted by atomic mass is 10.1. The van der Waals surface area contributed by atoms with Crippen molar-refractivity contribution in [3.63, 3.8) is 0 Å². The third-order valence-electron chi connectivity index (χ3n) is 5.83. The summed E-state index contributed by atoms with van der Waals surface area (Å²) in [6.45, 7) is 4.11. The summed E-state index contributed by atoms with van der Waals surface area (Å²) in [6, 6.07) is 21.7. The van der Waals surface area contributed by atoms with Gasteiger partial charge in [0.25, 0.3) is 0 Å². The van der Waals surface area contributed by atoms with E-state index in [0.717, 1.165) is 45.4 Å². The van der Waals surface area contributed by atoms with Crippen molar-refractivity contribution in [3.05, 3.63) is 83.7 Å². The van der Waals surface area contributed by atoms with E-state index in [-0.39, 0.29) is 0 Å². The molecule has 0 saturated carbocycles. The van der Waals surface area contributed by atoms with Gasteiger partial charge < -0.3 is 9.47 Å². The van der Waals surface area contributed by atoms with Crippen LogP contribution < -0.4 is 9.47 Å². The van der Waals surface area contributed by atoms with Gasteiger partial charge in [-0.1, -0.05) is 42.1 Å². The number of thioether (sulfide) groups is 1. The molecule has 3 aromatic carbocycles. The minimum atomic E-state index is 0.501. The smallest absolute Gasteiger partial charge is 0.196 e. The number of rotatable bonds is 8. The molecule has 0 saturated heterocycles. The molecule has 2 heterocycles. The Bertz CT molecular complexity index is 1470. The number of benzene rings is 3. The fourth-order valence-electron chi connectivity index (χ4n) is 4.07. The van der Waals surface area contributed by atoms with Crippen LogP contribution in [-0.2, 0) is 5.75 Å². The Labute approximate surface area is 213 Å². The van der Waals surface area contributed by atoms with Crippen LogP contribution >= 0.6 is 11.8 Å². The van der Waals surface area contributed by atoms with E-state index in [1.807, 2.05) is 59.2 Å². The summed E-state index contributed by atoms with van der Waals surface area (Å²) in [5, 5.41) is 22.3. The zero-order valence-electron chi connectivity index (χ0n) is 20.4. The average Bonchev–Trinajstić information content (AvgIpc) is 3.54. The highest BCUT2D eigenvalue weighted by molar-refractivity contribution is 7.98. The topological polar surface area (TPSA) is 92.8 Å². The molecule has 0 aliphatic heterocycles. The normalized spacial score (nSPS) is 11.0. The fraction of sp³-hybridized carbons (Fsp3) is 0.192. The summed E-state index contributed by atoms with van der Waals surface area (Å²) in [5.41, 5.74) is 4.94. The van der Waals surface area contributed by atoms with Crippen molar-refractivity contribution in [1.82, 2.24) is 35.0 Å². The molecule has 0 amide bonds. The van der Waals surface area contributed by atoms with Crippen LogP contribution in [-0.4, -0.2) is 49.2 Å². The molecule has 0 N–H and O–H groups in total. The predicted molar refractivity (Wildman–Crippen MR) is 138 cm³/mol. The van der Waals surface area contributed by atoms with E-state index >= 15 is 0 Å². The van der Waals surface area contributed by atoms with E-state index in [1.54, 1.807) is 18.9 Å². The van der Waals surface area contributed by atoms with E-state index in [9.17, 15) is 0 Å². The van der Waals surface area contributed by atoms with Crippen molar-refractivity contribution in [2.24, 2.45) is 0 Å². The van der Waals surface area contributed by atoms with E-state index in [2.05, 4.69) is 51.7 Å². The van der Waals surface area contributed by atoms with Crippen LogP contribution in [0.5, 0.6) is 11.5 Å². The van der Waals surface area contributed by atoms with Crippen LogP contribution in [0.2, 0.25) is 0 Å². The molecule has 0 bridgehead atoms. The number of aryl methyl sites for hydroxylation is 2. The van der Waals surface area contributed by atoms with Gasteiger partial charge in [0, 0.05) is 0 Å². The molecule has 0 atom stereocenters. The average molecular weight is 500 g/mol. The SMILES string of the molecule is COc1ccc(-n2c(SCc3nnnn3-c3c(C)cccc3C)nnc2-c2ccccc2OC)cc1. The van der Waals surface area contributed by atoms with Crippen LogP contribution in [0.3, 0.4) is 0 Å². The lowest BCUT2D eigenvalue weighted by molar-refractivity contribution is 0.414. The zero-order valence-corrected chi connectivity index (χ0v) is 21.2. The van der Waals surface area contributed by atoms with Gasteiger partial charge in [-0.25, -0.2) is 0 Å². The van der Waals surface area contributed by atoms with Gasteiger partial charge in [0.15, 0.2) is 16.8 Å². The summed E-state index contributed by atoms with van der Waals surface area (Å²) in [5.74, 6) is 3.39. The molecule has 2 aromatic heterocycles. The highest BCUT2D eigenvalue weighted by Gasteiger charge is 2.21. The van der Waals surface area contributed by atoms with Crippen LogP contribution in [0.25, 0.3) is 22.8 Å². The van der Waals surface area contributed by atoms with Crippen molar-refractivity contribution in [2.75, 3.05) is 14.2 Å². The van der Waals surface area contributed by atoms with Gasteiger partial charge in [-0.05, 0) is 71.8 Å². The second-order valence-electron chi connectivity index (χ2n) is 8.08. The number of hydrogen-bond donors (Lipinski definition) is 0. The lowest BCUT2D eigenvalue weighted by Crippen LogP contribution is -2.07. The van der Waals surface area contributed by atoms with Crippen LogP contribution in [0.15, 0.2) is 71.9 Å². The van der Waals surface area contributed by atoms with E-state index < -0.39 is 0 Å². The molecule has 0 radical (unpaired) electrons. The molecule has 0 aliphatic carbocycles. The van der Waals surface area contributed by atoms with Crippen molar-refractivity contribution in [1.29, 1.82) is 0 Å². The molecular weight excluding hydrogens is 474 g/mol. The minimum Gasteiger partial charge on any atom is -0.497 e. The molecule has 0 aliphatic rings. The summed E-state index contributed by atoms with van der Waals surface area (Å²) in [7, 11) is 3.30. The number of tetrazole rings is 1. The first kappa shape index (κ1) is 23.6. The molecule has 9 nitrogen and oxygen atoms in total. The van der Waals surface area contributed by atoms with Crippen LogP contribution in [0.4, 0.5) is 0 Å². The highest BCUT2D eigenvalue weighted by atomic mass is 32.2. The van der Waals surface area contributed by atoms with Crippen molar-refractivity contribution in [3.8, 4) is 34.3 Å². The second-order valence-corrected chi connectivity index (χ2v) is 9.02.